The lowest BCUT2D eigenvalue weighted by molar-refractivity contribution is 0.102. The number of benzene rings is 1. The molecule has 3 rings (SSSR count). The highest BCUT2D eigenvalue weighted by molar-refractivity contribution is 7.89. The van der Waals surface area contributed by atoms with E-state index in [0.717, 1.165) is 10.4 Å². The van der Waals surface area contributed by atoms with E-state index in [-0.39, 0.29) is 27.9 Å². The number of nitrogens with zero attached hydrogens (tertiary/aromatic N) is 3. The number of nitrogens with two attached hydrogens (primary N) is 1. The first kappa shape index (κ1) is 21.8. The Morgan fingerprint density at radius 1 is 1.40 bits per heavy atom. The molecule has 0 saturated carbocycles. The molecule has 0 spiro atoms. The first-order valence-electron chi connectivity index (χ1n) is 8.60. The Hall–Kier alpha value is -2.92. The Bertz CT molecular complexity index is 1140. The molecule has 1 aromatic heterocycles. The van der Waals surface area contributed by atoms with Gasteiger partial charge in [-0.3, -0.25) is 4.79 Å². The van der Waals surface area contributed by atoms with Crippen molar-refractivity contribution in [3.63, 3.8) is 0 Å². The molecule has 1 aliphatic heterocycles. The zero-order valence-corrected chi connectivity index (χ0v) is 17.9. The minimum absolute atomic E-state index is 0.0563. The minimum atomic E-state index is -3.79. The summed E-state index contributed by atoms with van der Waals surface area (Å²) >= 11 is 6.12. The lowest BCUT2D eigenvalue weighted by Gasteiger charge is -2.35. The minimum Gasteiger partial charge on any atom is -0.495 e. The summed E-state index contributed by atoms with van der Waals surface area (Å²) in [5, 5.41) is 2.21. The van der Waals surface area contributed by atoms with E-state index < -0.39 is 33.0 Å². The number of ether oxygens (including phenoxy) is 1. The van der Waals surface area contributed by atoms with Crippen molar-refractivity contribution in [1.82, 2.24) is 9.29 Å². The maximum atomic E-state index is 14.5. The maximum absolute atomic E-state index is 14.5. The lowest BCUT2D eigenvalue weighted by Crippen LogP contribution is -2.50. The largest absolute Gasteiger partial charge is 0.495 e. The van der Waals surface area contributed by atoms with Crippen molar-refractivity contribution in [2.45, 2.75) is 12.5 Å². The zero-order valence-electron chi connectivity index (χ0n) is 16.3. The van der Waals surface area contributed by atoms with Gasteiger partial charge in [-0.25, -0.2) is 27.1 Å². The fourth-order valence-electron chi connectivity index (χ4n) is 2.97. The molecule has 0 unspecified atom stereocenters. The first-order chi connectivity index (χ1) is 14.0. The van der Waals surface area contributed by atoms with Gasteiger partial charge in [-0.2, -0.15) is 0 Å². The van der Waals surface area contributed by atoms with Crippen LogP contribution in [-0.2, 0) is 15.6 Å². The number of hydrogen-bond donors (Lipinski definition) is 2. The molecule has 30 heavy (non-hydrogen) atoms. The number of carbonyl (C=O) groups excluding carboxylic acids is 1. The van der Waals surface area contributed by atoms with E-state index in [4.69, 9.17) is 22.1 Å². The third kappa shape index (κ3) is 4.03. The predicted molar refractivity (Wildman–Crippen MR) is 111 cm³/mol. The average Bonchev–Trinajstić information content (AvgIpc) is 2.68. The van der Waals surface area contributed by atoms with Crippen LogP contribution in [0.25, 0.3) is 0 Å². The molecular formula is C18H19ClFN5O4S. The van der Waals surface area contributed by atoms with Crippen molar-refractivity contribution >= 4 is 39.2 Å². The van der Waals surface area contributed by atoms with Gasteiger partial charge in [0.05, 0.1) is 24.1 Å². The Morgan fingerprint density at radius 2 is 2.10 bits per heavy atom. The van der Waals surface area contributed by atoms with Crippen LogP contribution in [0.2, 0.25) is 5.02 Å². The van der Waals surface area contributed by atoms with E-state index in [0.29, 0.717) is 5.75 Å². The number of sulfonamides is 1. The summed E-state index contributed by atoms with van der Waals surface area (Å²) in [5.41, 5.74) is 4.49. The van der Waals surface area contributed by atoms with Crippen molar-refractivity contribution in [3.8, 4) is 5.75 Å². The molecule has 1 amide bonds. The molecule has 0 bridgehead atoms. The SMILES string of the molecule is COc1ccc(C(=O)Nc2cc(F)c(Cl)c([C@]3(C)CS(=O)(=O)N(C)C(N)=N3)c2)nc1. The molecule has 2 aromatic rings. The Kier molecular flexibility index (Phi) is 5.61. The molecule has 0 aliphatic carbocycles. The fraction of sp³-hybridized carbons (Fsp3) is 0.278. The van der Waals surface area contributed by atoms with E-state index in [1.165, 1.54) is 39.4 Å². The number of aliphatic imine (C=N–C) groups is 1. The normalized spacial score (nSPS) is 20.4. The second-order valence-corrected chi connectivity index (χ2v) is 9.20. The molecule has 2 heterocycles. The first-order valence-corrected chi connectivity index (χ1v) is 10.6. The number of hydrogen-bond acceptors (Lipinski definition) is 7. The zero-order chi connectivity index (χ0) is 22.3. The van der Waals surface area contributed by atoms with Crippen molar-refractivity contribution < 1.29 is 22.3 Å². The van der Waals surface area contributed by atoms with Gasteiger partial charge in [0.2, 0.25) is 16.0 Å². The molecule has 1 aromatic carbocycles. The summed E-state index contributed by atoms with van der Waals surface area (Å²) in [6, 6.07) is 5.38. The Labute approximate surface area is 177 Å². The maximum Gasteiger partial charge on any atom is 0.274 e. The monoisotopic (exact) mass is 455 g/mol. The van der Waals surface area contributed by atoms with Crippen molar-refractivity contribution in [2.75, 3.05) is 25.2 Å². The van der Waals surface area contributed by atoms with Gasteiger partial charge in [0.15, 0.2) is 0 Å². The van der Waals surface area contributed by atoms with E-state index in [9.17, 15) is 17.6 Å². The highest BCUT2D eigenvalue weighted by Gasteiger charge is 2.42. The number of pyridine rings is 1. The molecule has 12 heteroatoms. The van der Waals surface area contributed by atoms with Gasteiger partial charge in [-0.1, -0.05) is 11.6 Å². The third-order valence-corrected chi connectivity index (χ3v) is 6.97. The molecule has 3 N–H and O–H groups in total. The van der Waals surface area contributed by atoms with Crippen LogP contribution in [-0.4, -0.2) is 49.5 Å². The van der Waals surface area contributed by atoms with Gasteiger partial charge >= 0.3 is 0 Å². The van der Waals surface area contributed by atoms with Gasteiger partial charge in [-0.15, -0.1) is 0 Å². The Balaban J connectivity index is 1.99. The number of rotatable bonds is 4. The number of amides is 1. The van der Waals surface area contributed by atoms with Crippen LogP contribution in [0.3, 0.4) is 0 Å². The second kappa shape index (κ2) is 7.73. The van der Waals surface area contributed by atoms with E-state index >= 15 is 0 Å². The van der Waals surface area contributed by atoms with Crippen molar-refractivity contribution in [2.24, 2.45) is 10.7 Å². The number of halogens is 2. The predicted octanol–water partition coefficient (Wildman–Crippen LogP) is 1.94. The second-order valence-electron chi connectivity index (χ2n) is 6.82. The Morgan fingerprint density at radius 3 is 2.67 bits per heavy atom. The topological polar surface area (TPSA) is 127 Å². The number of nitrogens with one attached hydrogen (secondary N) is 1. The summed E-state index contributed by atoms with van der Waals surface area (Å²) in [6.45, 7) is 1.47. The molecule has 0 fully saturated rings. The van der Waals surface area contributed by atoms with Crippen LogP contribution in [0.1, 0.15) is 23.0 Å². The summed E-state index contributed by atoms with van der Waals surface area (Å²) in [6.07, 6.45) is 1.37. The van der Waals surface area contributed by atoms with Gasteiger partial charge in [-0.05, 0) is 31.2 Å². The van der Waals surface area contributed by atoms with Crippen LogP contribution in [0, 0.1) is 5.82 Å². The van der Waals surface area contributed by atoms with Crippen LogP contribution in [0.5, 0.6) is 5.75 Å². The molecule has 1 atom stereocenters. The average molecular weight is 456 g/mol. The van der Waals surface area contributed by atoms with Gasteiger partial charge in [0, 0.05) is 18.3 Å². The van der Waals surface area contributed by atoms with Gasteiger partial charge in [0.25, 0.3) is 5.91 Å². The van der Waals surface area contributed by atoms with Crippen LogP contribution in [0.15, 0.2) is 35.5 Å². The number of aromatic nitrogens is 1. The van der Waals surface area contributed by atoms with Gasteiger partial charge < -0.3 is 15.8 Å². The summed E-state index contributed by atoms with van der Waals surface area (Å²) in [5.74, 6) is -1.71. The van der Waals surface area contributed by atoms with Crippen molar-refractivity contribution in [1.29, 1.82) is 0 Å². The molecule has 160 valence electrons. The molecule has 0 radical (unpaired) electrons. The molecular weight excluding hydrogens is 437 g/mol. The fourth-order valence-corrected chi connectivity index (χ4v) is 4.73. The van der Waals surface area contributed by atoms with Crippen molar-refractivity contribution in [3.05, 3.63) is 52.6 Å². The summed E-state index contributed by atoms with van der Waals surface area (Å²) in [4.78, 5) is 20.6. The highest BCUT2D eigenvalue weighted by Crippen LogP contribution is 2.38. The highest BCUT2D eigenvalue weighted by atomic mass is 35.5. The van der Waals surface area contributed by atoms with Crippen LogP contribution < -0.4 is 15.8 Å². The van der Waals surface area contributed by atoms with E-state index in [1.54, 1.807) is 6.07 Å². The number of guanidine groups is 1. The number of anilines is 1. The smallest absolute Gasteiger partial charge is 0.274 e. The van der Waals surface area contributed by atoms with Crippen LogP contribution in [0.4, 0.5) is 10.1 Å². The standard InChI is InChI=1S/C18H19ClFN5O4S/c1-18(9-30(27,28)25(2)17(21)24-18)12-6-10(7-13(20)15(12)19)23-16(26)14-5-4-11(29-3)8-22-14/h4-8H,9H2,1-3H3,(H2,21,24)(H,23,26)/t18-/m0/s1. The molecule has 1 aliphatic rings. The quantitative estimate of drug-likeness (QED) is 0.725. The lowest BCUT2D eigenvalue weighted by atomic mass is 9.93. The summed E-state index contributed by atoms with van der Waals surface area (Å²) < 4.78 is 45.2. The molecule has 9 nitrogen and oxygen atoms in total. The van der Waals surface area contributed by atoms with E-state index in [1.807, 2.05) is 0 Å². The van der Waals surface area contributed by atoms with Crippen LogP contribution >= 0.6 is 11.6 Å². The third-order valence-electron chi connectivity index (χ3n) is 4.64. The summed E-state index contributed by atoms with van der Waals surface area (Å²) in [7, 11) is -1.06. The van der Waals surface area contributed by atoms with Gasteiger partial charge in [0.1, 0.15) is 22.8 Å². The number of methoxy groups -OCH3 is 1. The number of carbonyl (C=O) groups is 1. The molecule has 0 saturated heterocycles. The van der Waals surface area contributed by atoms with E-state index in [2.05, 4.69) is 15.3 Å².